The third-order valence-corrected chi connectivity index (χ3v) is 4.05. The minimum absolute atomic E-state index is 0.308. The van der Waals surface area contributed by atoms with Crippen LogP contribution in [0.25, 0.3) is 0 Å². The zero-order chi connectivity index (χ0) is 20.6. The number of hydrazine groups is 1. The van der Waals surface area contributed by atoms with Crippen molar-refractivity contribution >= 4 is 11.9 Å². The number of nitrogens with zero attached hydrogens (tertiary/aromatic N) is 3. The third-order valence-electron chi connectivity index (χ3n) is 4.05. The Kier molecular flexibility index (Phi) is 6.25. The van der Waals surface area contributed by atoms with Gasteiger partial charge < -0.3 is 11.2 Å². The maximum Gasteiger partial charge on any atom is 0.365 e. The number of nitrogens with two attached hydrogens (primary N) is 1. The van der Waals surface area contributed by atoms with E-state index in [1.54, 1.807) is 0 Å². The van der Waals surface area contributed by atoms with E-state index in [1.165, 1.54) is 0 Å². The number of nitrogens with one attached hydrogen (secondary N) is 3. The summed E-state index contributed by atoms with van der Waals surface area (Å²) >= 11 is 0. The summed E-state index contributed by atoms with van der Waals surface area (Å²) in [5, 5.41) is 6.70. The molecule has 0 bridgehead atoms. The van der Waals surface area contributed by atoms with Crippen LogP contribution in [0, 0.1) is 0 Å². The second kappa shape index (κ2) is 9.22. The van der Waals surface area contributed by atoms with Gasteiger partial charge in [-0.05, 0) is 11.1 Å². The number of hydrogen-bond acceptors (Lipinski definition) is 5. The van der Waals surface area contributed by atoms with Gasteiger partial charge in [-0.25, -0.2) is 19.7 Å². The first-order valence-corrected chi connectivity index (χ1v) is 8.87. The first-order chi connectivity index (χ1) is 14.0. The molecule has 0 aliphatic heterocycles. The largest absolute Gasteiger partial charge is 0.365 e. The van der Waals surface area contributed by atoms with Crippen molar-refractivity contribution in [1.82, 2.24) is 30.6 Å². The highest BCUT2D eigenvalue weighted by Gasteiger charge is 2.14. The van der Waals surface area contributed by atoms with Crippen molar-refractivity contribution < 1.29 is 9.59 Å². The lowest BCUT2D eigenvalue weighted by molar-refractivity contribution is -0.122. The van der Waals surface area contributed by atoms with Crippen LogP contribution in [0.1, 0.15) is 17.0 Å². The van der Waals surface area contributed by atoms with E-state index in [0.717, 1.165) is 20.5 Å². The first-order valence-electron chi connectivity index (χ1n) is 8.87. The number of rotatable bonds is 6. The number of carbonyl (C=O) groups excluding carboxylic acids is 2. The van der Waals surface area contributed by atoms with E-state index >= 15 is 0 Å². The van der Waals surface area contributed by atoms with Crippen LogP contribution in [0.3, 0.4) is 0 Å². The van der Waals surface area contributed by atoms with E-state index in [-0.39, 0.29) is 6.54 Å². The Morgan fingerprint density at radius 2 is 1.55 bits per heavy atom. The summed E-state index contributed by atoms with van der Waals surface area (Å²) in [5.74, 6) is 5.46. The van der Waals surface area contributed by atoms with Gasteiger partial charge in [-0.2, -0.15) is 9.77 Å². The Hall–Kier alpha value is -4.08. The maximum absolute atomic E-state index is 12.2. The molecule has 0 atom stereocenters. The number of aromatic nitrogens is 3. The van der Waals surface area contributed by atoms with Gasteiger partial charge in [0.15, 0.2) is 5.82 Å². The number of amides is 3. The molecule has 29 heavy (non-hydrogen) atoms. The standard InChI is InChI=1S/C19H21N7O3/c20-26-16(11-14-7-3-1-4-8-14)24-25(19(26)29)13-17(27)22-23-18(28)21-12-15-9-5-2-6-10-15/h1-10H,11-13,20H2,(H,22,27)(H2,21,23,28). The fourth-order valence-corrected chi connectivity index (χ4v) is 2.59. The molecule has 5 N–H and O–H groups in total. The maximum atomic E-state index is 12.2. The summed E-state index contributed by atoms with van der Waals surface area (Å²) in [6, 6.07) is 18.1. The van der Waals surface area contributed by atoms with Gasteiger partial charge in [0.2, 0.25) is 0 Å². The second-order valence-electron chi connectivity index (χ2n) is 6.23. The first kappa shape index (κ1) is 19.7. The number of urea groups is 1. The molecule has 2 aromatic carbocycles. The predicted molar refractivity (Wildman–Crippen MR) is 106 cm³/mol. The molecule has 0 aliphatic carbocycles. The Bertz CT molecular complexity index is 1030. The Labute approximate surface area is 166 Å². The van der Waals surface area contributed by atoms with Crippen LogP contribution in [0.2, 0.25) is 0 Å². The fraction of sp³-hybridized carbons (Fsp3) is 0.158. The molecule has 0 saturated carbocycles. The molecular weight excluding hydrogens is 374 g/mol. The highest BCUT2D eigenvalue weighted by atomic mass is 16.2. The molecule has 10 nitrogen and oxygen atoms in total. The zero-order valence-electron chi connectivity index (χ0n) is 15.5. The average molecular weight is 395 g/mol. The topological polar surface area (TPSA) is 136 Å². The van der Waals surface area contributed by atoms with Crippen LogP contribution < -0.4 is 27.7 Å². The molecule has 0 fully saturated rings. The van der Waals surface area contributed by atoms with Crippen LogP contribution in [-0.4, -0.2) is 26.4 Å². The lowest BCUT2D eigenvalue weighted by atomic mass is 10.1. The van der Waals surface area contributed by atoms with E-state index in [2.05, 4.69) is 21.3 Å². The highest BCUT2D eigenvalue weighted by molar-refractivity contribution is 5.80. The molecule has 150 valence electrons. The smallest absolute Gasteiger partial charge is 0.333 e. The Morgan fingerprint density at radius 1 is 0.931 bits per heavy atom. The molecule has 3 amide bonds. The van der Waals surface area contributed by atoms with Crippen molar-refractivity contribution in [3.05, 3.63) is 88.1 Å². The van der Waals surface area contributed by atoms with Crippen molar-refractivity contribution in [2.24, 2.45) is 0 Å². The van der Waals surface area contributed by atoms with Gasteiger partial charge >= 0.3 is 11.7 Å². The summed E-state index contributed by atoms with van der Waals surface area (Å²) in [4.78, 5) is 35.9. The van der Waals surface area contributed by atoms with Crippen LogP contribution in [0.4, 0.5) is 4.79 Å². The van der Waals surface area contributed by atoms with Crippen LogP contribution in [-0.2, 0) is 24.3 Å². The normalized spacial score (nSPS) is 10.3. The van der Waals surface area contributed by atoms with E-state index in [9.17, 15) is 14.4 Å². The van der Waals surface area contributed by atoms with E-state index in [0.29, 0.717) is 18.8 Å². The Balaban J connectivity index is 1.50. The predicted octanol–water partition coefficient (Wildman–Crippen LogP) is -0.120. The summed E-state index contributed by atoms with van der Waals surface area (Å²) in [7, 11) is 0. The molecule has 0 spiro atoms. The molecule has 3 aromatic rings. The summed E-state index contributed by atoms with van der Waals surface area (Å²) in [6.45, 7) is -0.0772. The number of hydrogen-bond donors (Lipinski definition) is 4. The van der Waals surface area contributed by atoms with Crippen LogP contribution in [0.15, 0.2) is 65.5 Å². The van der Waals surface area contributed by atoms with E-state index in [1.807, 2.05) is 60.7 Å². The van der Waals surface area contributed by atoms with Crippen molar-refractivity contribution in [3.63, 3.8) is 0 Å². The van der Waals surface area contributed by atoms with Gasteiger partial charge in [-0.3, -0.25) is 10.2 Å². The van der Waals surface area contributed by atoms with Gasteiger partial charge in [0.25, 0.3) is 5.91 Å². The summed E-state index contributed by atoms with van der Waals surface area (Å²) in [5.41, 5.74) is 5.66. The van der Waals surface area contributed by atoms with Crippen molar-refractivity contribution in [1.29, 1.82) is 0 Å². The molecular formula is C19H21N7O3. The number of carbonyl (C=O) groups is 2. The van der Waals surface area contributed by atoms with Crippen LogP contribution in [0.5, 0.6) is 0 Å². The van der Waals surface area contributed by atoms with Crippen LogP contribution >= 0.6 is 0 Å². The molecule has 0 aliphatic rings. The number of benzene rings is 2. The summed E-state index contributed by atoms with van der Waals surface area (Å²) in [6.07, 6.45) is 0.349. The van der Waals surface area contributed by atoms with Crippen molar-refractivity contribution in [2.45, 2.75) is 19.5 Å². The molecule has 3 rings (SSSR count). The quantitative estimate of drug-likeness (QED) is 0.341. The molecule has 0 unspecified atom stereocenters. The highest BCUT2D eigenvalue weighted by Crippen LogP contribution is 2.04. The van der Waals surface area contributed by atoms with Gasteiger partial charge in [0, 0.05) is 13.0 Å². The van der Waals surface area contributed by atoms with E-state index in [4.69, 9.17) is 5.84 Å². The molecule has 10 heteroatoms. The zero-order valence-corrected chi connectivity index (χ0v) is 15.5. The SMILES string of the molecule is Nn1c(Cc2ccccc2)nn(CC(=O)NNC(=O)NCc2ccccc2)c1=O. The van der Waals surface area contributed by atoms with Gasteiger partial charge in [0.1, 0.15) is 6.54 Å². The van der Waals surface area contributed by atoms with Gasteiger partial charge in [-0.1, -0.05) is 60.7 Å². The van der Waals surface area contributed by atoms with Crippen molar-refractivity contribution in [2.75, 3.05) is 5.84 Å². The average Bonchev–Trinajstić information content (AvgIpc) is 3.00. The molecule has 0 saturated heterocycles. The van der Waals surface area contributed by atoms with Gasteiger partial charge in [-0.15, -0.1) is 0 Å². The lowest BCUT2D eigenvalue weighted by Gasteiger charge is -2.08. The summed E-state index contributed by atoms with van der Waals surface area (Å²) < 4.78 is 1.84. The molecule has 1 heterocycles. The Morgan fingerprint density at radius 3 is 2.21 bits per heavy atom. The van der Waals surface area contributed by atoms with E-state index < -0.39 is 17.6 Å². The lowest BCUT2D eigenvalue weighted by Crippen LogP contribution is -2.48. The third kappa shape index (κ3) is 5.45. The monoisotopic (exact) mass is 395 g/mol. The minimum atomic E-state index is -0.625. The number of nitrogen functional groups attached to an aromatic ring is 1. The van der Waals surface area contributed by atoms with Crippen molar-refractivity contribution in [3.8, 4) is 0 Å². The molecule has 1 aromatic heterocycles. The molecule has 0 radical (unpaired) electrons. The van der Waals surface area contributed by atoms with Gasteiger partial charge in [0.05, 0.1) is 0 Å². The second-order valence-corrected chi connectivity index (χ2v) is 6.23. The fourth-order valence-electron chi connectivity index (χ4n) is 2.59. The minimum Gasteiger partial charge on any atom is -0.333 e.